The number of benzene rings is 1. The molecule has 0 spiro atoms. The van der Waals surface area contributed by atoms with Crippen LogP contribution in [0.3, 0.4) is 0 Å². The molecule has 5 nitrogen and oxygen atoms in total. The van der Waals surface area contributed by atoms with Crippen molar-refractivity contribution < 1.29 is 17.9 Å². The lowest BCUT2D eigenvalue weighted by Crippen LogP contribution is -2.38. The fourth-order valence-electron chi connectivity index (χ4n) is 2.32. The summed E-state index contributed by atoms with van der Waals surface area (Å²) in [6.45, 7) is 3.59. The third kappa shape index (κ3) is 4.35. The molecule has 1 heterocycles. The van der Waals surface area contributed by atoms with E-state index in [1.165, 1.54) is 0 Å². The van der Waals surface area contributed by atoms with Gasteiger partial charge in [0, 0.05) is 11.1 Å². The Morgan fingerprint density at radius 2 is 2.00 bits per heavy atom. The molecule has 1 aromatic carbocycles. The number of ether oxygens (including phenoxy) is 1. The van der Waals surface area contributed by atoms with Crippen LogP contribution in [0.1, 0.15) is 17.5 Å². The Morgan fingerprint density at radius 3 is 2.52 bits per heavy atom. The number of carbonyl (C=O) groups excluding carboxylic acids is 1. The first-order chi connectivity index (χ1) is 9.77. The van der Waals surface area contributed by atoms with E-state index in [1.807, 2.05) is 13.8 Å². The van der Waals surface area contributed by atoms with Crippen LogP contribution >= 0.6 is 11.6 Å². The van der Waals surface area contributed by atoms with Crippen LogP contribution in [0.5, 0.6) is 5.75 Å². The molecule has 116 valence electrons. The molecule has 0 aromatic heterocycles. The second-order valence-electron chi connectivity index (χ2n) is 5.33. The van der Waals surface area contributed by atoms with Gasteiger partial charge in [-0.3, -0.25) is 4.79 Å². The molecular weight excluding hydrogens is 314 g/mol. The van der Waals surface area contributed by atoms with E-state index < -0.39 is 9.84 Å². The molecule has 0 aliphatic carbocycles. The maximum Gasteiger partial charge on any atom is 0.258 e. The van der Waals surface area contributed by atoms with Crippen LogP contribution in [-0.2, 0) is 14.6 Å². The first-order valence-electron chi connectivity index (χ1n) is 6.66. The predicted octanol–water partition coefficient (Wildman–Crippen LogP) is 1.64. The zero-order chi connectivity index (χ0) is 15.6. The number of carbonyl (C=O) groups is 1. The molecule has 0 saturated carbocycles. The highest BCUT2D eigenvalue weighted by atomic mass is 35.5. The Hall–Kier alpha value is -1.27. The second-order valence-corrected chi connectivity index (χ2v) is 7.93. The molecule has 1 N–H and O–H groups in total. The number of hydrogen-bond acceptors (Lipinski definition) is 4. The summed E-state index contributed by atoms with van der Waals surface area (Å²) < 4.78 is 28.1. The monoisotopic (exact) mass is 331 g/mol. The van der Waals surface area contributed by atoms with Gasteiger partial charge >= 0.3 is 0 Å². The maximum absolute atomic E-state index is 11.8. The fraction of sp³-hybridized carbons (Fsp3) is 0.500. The summed E-state index contributed by atoms with van der Waals surface area (Å²) >= 11 is 6.06. The molecule has 1 atom stereocenters. The number of aryl methyl sites for hydroxylation is 2. The summed E-state index contributed by atoms with van der Waals surface area (Å²) in [4.78, 5) is 11.8. The van der Waals surface area contributed by atoms with E-state index in [0.717, 1.165) is 11.1 Å². The van der Waals surface area contributed by atoms with Crippen LogP contribution in [0.4, 0.5) is 0 Å². The highest BCUT2D eigenvalue weighted by Gasteiger charge is 2.28. The Bertz CT molecular complexity index is 634. The van der Waals surface area contributed by atoms with Crippen molar-refractivity contribution >= 4 is 27.3 Å². The maximum atomic E-state index is 11.8. The number of nitrogens with one attached hydrogen (secondary N) is 1. The largest absolute Gasteiger partial charge is 0.484 e. The summed E-state index contributed by atoms with van der Waals surface area (Å²) in [5.41, 5.74) is 1.77. The molecule has 0 bridgehead atoms. The Morgan fingerprint density at radius 1 is 1.38 bits per heavy atom. The first kappa shape index (κ1) is 16.1. The van der Waals surface area contributed by atoms with Crippen molar-refractivity contribution in [2.24, 2.45) is 0 Å². The average Bonchev–Trinajstić information content (AvgIpc) is 2.72. The predicted molar refractivity (Wildman–Crippen MR) is 81.6 cm³/mol. The van der Waals surface area contributed by atoms with Crippen LogP contribution in [0, 0.1) is 13.8 Å². The van der Waals surface area contributed by atoms with Crippen LogP contribution < -0.4 is 10.1 Å². The van der Waals surface area contributed by atoms with Crippen molar-refractivity contribution in [3.05, 3.63) is 28.3 Å². The summed E-state index contributed by atoms with van der Waals surface area (Å²) in [6, 6.07) is 3.23. The fourth-order valence-corrected chi connectivity index (χ4v) is 4.10. The minimum atomic E-state index is -2.99. The number of hydrogen-bond donors (Lipinski definition) is 1. The smallest absolute Gasteiger partial charge is 0.258 e. The minimum Gasteiger partial charge on any atom is -0.484 e. The van der Waals surface area contributed by atoms with E-state index in [2.05, 4.69) is 5.32 Å². The quantitative estimate of drug-likeness (QED) is 0.910. The van der Waals surface area contributed by atoms with Crippen LogP contribution in [0.25, 0.3) is 0 Å². The third-order valence-electron chi connectivity index (χ3n) is 3.38. The van der Waals surface area contributed by atoms with E-state index >= 15 is 0 Å². The van der Waals surface area contributed by atoms with E-state index in [0.29, 0.717) is 17.2 Å². The molecule has 1 fully saturated rings. The second kappa shape index (κ2) is 6.23. The van der Waals surface area contributed by atoms with Crippen LogP contribution in [-0.4, -0.2) is 38.5 Å². The van der Waals surface area contributed by atoms with Gasteiger partial charge in [0.05, 0.1) is 11.5 Å². The van der Waals surface area contributed by atoms with Gasteiger partial charge in [0.1, 0.15) is 5.75 Å². The SMILES string of the molecule is Cc1cc(OCC(=O)N[C@@H]2CCS(=O)(=O)C2)cc(C)c1Cl. The Kier molecular flexibility index (Phi) is 4.78. The third-order valence-corrected chi connectivity index (χ3v) is 5.74. The number of rotatable bonds is 4. The molecular formula is C14H18ClNO4S. The Balaban J connectivity index is 1.87. The van der Waals surface area contributed by atoms with Crippen LogP contribution in [0.15, 0.2) is 12.1 Å². The summed E-state index contributed by atoms with van der Waals surface area (Å²) in [5, 5.41) is 3.36. The number of amides is 1. The summed E-state index contributed by atoms with van der Waals surface area (Å²) in [7, 11) is -2.99. The topological polar surface area (TPSA) is 72.5 Å². The van der Waals surface area contributed by atoms with Gasteiger partial charge in [-0.15, -0.1) is 0 Å². The summed E-state index contributed by atoms with van der Waals surface area (Å²) in [6.07, 6.45) is 0.466. The molecule has 0 radical (unpaired) electrons. The number of halogens is 1. The number of sulfone groups is 1. The standard InChI is InChI=1S/C14H18ClNO4S/c1-9-5-12(6-10(2)14(9)15)20-7-13(17)16-11-3-4-21(18,19)8-11/h5-6,11H,3-4,7-8H2,1-2H3,(H,16,17)/t11-/m1/s1. The molecule has 1 aromatic rings. The average molecular weight is 332 g/mol. The van der Waals surface area contributed by atoms with Gasteiger partial charge in [0.2, 0.25) is 0 Å². The molecule has 1 amide bonds. The molecule has 1 saturated heterocycles. The van der Waals surface area contributed by atoms with Gasteiger partial charge < -0.3 is 10.1 Å². The van der Waals surface area contributed by atoms with Crippen molar-refractivity contribution in [2.45, 2.75) is 26.3 Å². The van der Waals surface area contributed by atoms with Gasteiger partial charge in [0.15, 0.2) is 16.4 Å². The zero-order valence-corrected chi connectivity index (χ0v) is 13.6. The lowest BCUT2D eigenvalue weighted by Gasteiger charge is -2.13. The minimum absolute atomic E-state index is 0.0118. The zero-order valence-electron chi connectivity index (χ0n) is 12.0. The van der Waals surface area contributed by atoms with Gasteiger partial charge in [-0.05, 0) is 43.5 Å². The van der Waals surface area contributed by atoms with E-state index in [1.54, 1.807) is 12.1 Å². The molecule has 1 aliphatic rings. The van der Waals surface area contributed by atoms with Gasteiger partial charge in [0.25, 0.3) is 5.91 Å². The van der Waals surface area contributed by atoms with Crippen LogP contribution in [0.2, 0.25) is 5.02 Å². The van der Waals surface area contributed by atoms with Crippen molar-refractivity contribution in [3.63, 3.8) is 0 Å². The molecule has 0 unspecified atom stereocenters. The normalized spacial score (nSPS) is 20.2. The van der Waals surface area contributed by atoms with Crippen molar-refractivity contribution in [2.75, 3.05) is 18.1 Å². The highest BCUT2D eigenvalue weighted by Crippen LogP contribution is 2.25. The Labute approximate surface area is 129 Å². The van der Waals surface area contributed by atoms with E-state index in [9.17, 15) is 13.2 Å². The molecule has 1 aliphatic heterocycles. The first-order valence-corrected chi connectivity index (χ1v) is 8.86. The highest BCUT2D eigenvalue weighted by molar-refractivity contribution is 7.91. The van der Waals surface area contributed by atoms with Gasteiger partial charge in [-0.2, -0.15) is 0 Å². The molecule has 7 heteroatoms. The van der Waals surface area contributed by atoms with E-state index in [4.69, 9.17) is 16.3 Å². The molecule has 2 rings (SSSR count). The lowest BCUT2D eigenvalue weighted by molar-refractivity contribution is -0.123. The molecule has 21 heavy (non-hydrogen) atoms. The van der Waals surface area contributed by atoms with Crippen molar-refractivity contribution in [1.82, 2.24) is 5.32 Å². The van der Waals surface area contributed by atoms with Gasteiger partial charge in [-0.1, -0.05) is 11.6 Å². The van der Waals surface area contributed by atoms with Gasteiger partial charge in [-0.25, -0.2) is 8.42 Å². The van der Waals surface area contributed by atoms with E-state index in [-0.39, 0.29) is 30.1 Å². The van der Waals surface area contributed by atoms with Crippen molar-refractivity contribution in [3.8, 4) is 5.75 Å². The van der Waals surface area contributed by atoms with Crippen molar-refractivity contribution in [1.29, 1.82) is 0 Å². The summed E-state index contributed by atoms with van der Waals surface area (Å²) in [5.74, 6) is 0.401. The lowest BCUT2D eigenvalue weighted by atomic mass is 10.1.